The minimum atomic E-state index is -0.365. The van der Waals surface area contributed by atoms with Crippen molar-refractivity contribution in [2.75, 3.05) is 6.79 Å². The van der Waals surface area contributed by atoms with Crippen molar-refractivity contribution >= 4 is 5.91 Å². The monoisotopic (exact) mass is 385 g/mol. The van der Waals surface area contributed by atoms with E-state index in [-0.39, 0.29) is 36.9 Å². The normalized spacial score (nSPS) is 13.4. The molecule has 1 aliphatic rings. The van der Waals surface area contributed by atoms with E-state index in [0.29, 0.717) is 29.6 Å². The molecule has 3 aromatic rings. The van der Waals surface area contributed by atoms with E-state index in [2.05, 4.69) is 20.5 Å². The van der Waals surface area contributed by atoms with E-state index < -0.39 is 0 Å². The van der Waals surface area contributed by atoms with Gasteiger partial charge in [0.25, 0.3) is 5.91 Å². The number of ether oxygens (including phenoxy) is 3. The Hall–Kier alpha value is -3.56. The van der Waals surface area contributed by atoms with Crippen LogP contribution >= 0.6 is 0 Å². The van der Waals surface area contributed by atoms with Crippen LogP contribution in [0.2, 0.25) is 0 Å². The van der Waals surface area contributed by atoms with Crippen molar-refractivity contribution in [1.82, 2.24) is 25.1 Å². The SMILES string of the molecule is CCn1cnnc1C(C)NC(=O)c1coc(COc2ccc3c(c2)OCO3)n1. The third-order valence-corrected chi connectivity index (χ3v) is 4.21. The van der Waals surface area contributed by atoms with Gasteiger partial charge in [-0.2, -0.15) is 0 Å². The largest absolute Gasteiger partial charge is 0.484 e. The van der Waals surface area contributed by atoms with Gasteiger partial charge in [-0.3, -0.25) is 4.79 Å². The maximum absolute atomic E-state index is 12.4. The Morgan fingerprint density at radius 1 is 1.36 bits per heavy atom. The number of amides is 1. The molecule has 3 heterocycles. The van der Waals surface area contributed by atoms with Crippen LogP contribution in [0, 0.1) is 0 Å². The Balaban J connectivity index is 1.35. The van der Waals surface area contributed by atoms with Gasteiger partial charge in [-0.25, -0.2) is 4.98 Å². The van der Waals surface area contributed by atoms with E-state index >= 15 is 0 Å². The molecule has 0 spiro atoms. The summed E-state index contributed by atoms with van der Waals surface area (Å²) < 4.78 is 23.4. The molecule has 10 heteroatoms. The van der Waals surface area contributed by atoms with Crippen molar-refractivity contribution in [1.29, 1.82) is 0 Å². The zero-order valence-corrected chi connectivity index (χ0v) is 15.4. The summed E-state index contributed by atoms with van der Waals surface area (Å²) in [5.41, 5.74) is 0.165. The van der Waals surface area contributed by atoms with Crippen LogP contribution < -0.4 is 19.5 Å². The fourth-order valence-corrected chi connectivity index (χ4v) is 2.77. The molecular weight excluding hydrogens is 366 g/mol. The molecule has 28 heavy (non-hydrogen) atoms. The summed E-state index contributed by atoms with van der Waals surface area (Å²) in [5.74, 6) is 2.48. The quantitative estimate of drug-likeness (QED) is 0.658. The van der Waals surface area contributed by atoms with Gasteiger partial charge in [0.2, 0.25) is 12.7 Å². The first kappa shape index (κ1) is 17.8. The predicted molar refractivity (Wildman–Crippen MR) is 95.0 cm³/mol. The highest BCUT2D eigenvalue weighted by atomic mass is 16.7. The van der Waals surface area contributed by atoms with Gasteiger partial charge >= 0.3 is 0 Å². The molecule has 0 fully saturated rings. The zero-order valence-electron chi connectivity index (χ0n) is 15.4. The first-order valence-corrected chi connectivity index (χ1v) is 8.79. The summed E-state index contributed by atoms with van der Waals surface area (Å²) in [4.78, 5) is 16.6. The molecule has 1 amide bonds. The number of nitrogens with zero attached hydrogens (tertiary/aromatic N) is 4. The van der Waals surface area contributed by atoms with Gasteiger partial charge in [0.1, 0.15) is 18.3 Å². The van der Waals surface area contributed by atoms with Gasteiger partial charge in [-0.1, -0.05) is 0 Å². The second-order valence-electron chi connectivity index (χ2n) is 6.10. The molecular formula is C18H19N5O5. The summed E-state index contributed by atoms with van der Waals surface area (Å²) in [7, 11) is 0. The van der Waals surface area contributed by atoms with Crippen LogP contribution in [0.5, 0.6) is 17.2 Å². The van der Waals surface area contributed by atoms with E-state index in [1.54, 1.807) is 24.5 Å². The number of benzene rings is 1. The van der Waals surface area contributed by atoms with Crippen LogP contribution in [-0.4, -0.2) is 32.4 Å². The second kappa shape index (κ2) is 7.59. The third-order valence-electron chi connectivity index (χ3n) is 4.21. The number of aryl methyl sites for hydroxylation is 1. The number of hydrogen-bond acceptors (Lipinski definition) is 8. The van der Waals surface area contributed by atoms with Crippen LogP contribution in [0.1, 0.15) is 42.1 Å². The Morgan fingerprint density at radius 3 is 3.07 bits per heavy atom. The smallest absolute Gasteiger partial charge is 0.273 e. The number of carbonyl (C=O) groups excluding carboxylic acids is 1. The number of carbonyl (C=O) groups is 1. The van der Waals surface area contributed by atoms with Gasteiger partial charge in [0.15, 0.2) is 29.6 Å². The number of aromatic nitrogens is 4. The number of nitrogens with one attached hydrogen (secondary N) is 1. The summed E-state index contributed by atoms with van der Waals surface area (Å²) in [6.07, 6.45) is 2.92. The summed E-state index contributed by atoms with van der Waals surface area (Å²) in [6.45, 7) is 4.80. The van der Waals surface area contributed by atoms with Crippen LogP contribution in [0.15, 0.2) is 35.2 Å². The Labute approximate surface area is 160 Å². The fourth-order valence-electron chi connectivity index (χ4n) is 2.77. The number of hydrogen-bond donors (Lipinski definition) is 1. The van der Waals surface area contributed by atoms with E-state index in [4.69, 9.17) is 18.6 Å². The molecule has 2 aromatic heterocycles. The number of fused-ring (bicyclic) bond motifs is 1. The van der Waals surface area contributed by atoms with Crippen LogP contribution in [0.25, 0.3) is 0 Å². The molecule has 10 nitrogen and oxygen atoms in total. The fraction of sp³-hybridized carbons (Fsp3) is 0.333. The molecule has 146 valence electrons. The highest BCUT2D eigenvalue weighted by molar-refractivity contribution is 5.92. The highest BCUT2D eigenvalue weighted by Crippen LogP contribution is 2.35. The average molecular weight is 385 g/mol. The van der Waals surface area contributed by atoms with E-state index in [1.807, 2.05) is 18.4 Å². The average Bonchev–Trinajstić information content (AvgIpc) is 3.45. The summed E-state index contributed by atoms with van der Waals surface area (Å²) in [5, 5.41) is 10.7. The zero-order chi connectivity index (χ0) is 19.5. The van der Waals surface area contributed by atoms with Crippen molar-refractivity contribution in [2.24, 2.45) is 0 Å². The van der Waals surface area contributed by atoms with Crippen molar-refractivity contribution in [3.8, 4) is 17.2 Å². The van der Waals surface area contributed by atoms with Crippen LogP contribution in [-0.2, 0) is 13.2 Å². The Morgan fingerprint density at radius 2 is 2.21 bits per heavy atom. The van der Waals surface area contributed by atoms with E-state index in [1.165, 1.54) is 6.26 Å². The van der Waals surface area contributed by atoms with Gasteiger partial charge in [0.05, 0.1) is 6.04 Å². The maximum Gasteiger partial charge on any atom is 0.273 e. The number of rotatable bonds is 7. The molecule has 1 N–H and O–H groups in total. The van der Waals surface area contributed by atoms with Gasteiger partial charge in [-0.15, -0.1) is 10.2 Å². The van der Waals surface area contributed by atoms with Crippen molar-refractivity contribution in [3.63, 3.8) is 0 Å². The topological polar surface area (TPSA) is 114 Å². The standard InChI is InChI=1S/C18H19N5O5/c1-3-23-9-19-22-17(23)11(2)20-18(24)13-7-26-16(21-13)8-25-12-4-5-14-15(6-12)28-10-27-14/h4-7,9,11H,3,8,10H2,1-2H3,(H,20,24). The van der Waals surface area contributed by atoms with Crippen LogP contribution in [0.3, 0.4) is 0 Å². The van der Waals surface area contributed by atoms with Gasteiger partial charge in [0, 0.05) is 12.6 Å². The first-order chi connectivity index (χ1) is 13.6. The summed E-state index contributed by atoms with van der Waals surface area (Å²) >= 11 is 0. The Bertz CT molecular complexity index is 982. The molecule has 1 aromatic carbocycles. The van der Waals surface area contributed by atoms with E-state index in [9.17, 15) is 4.79 Å². The Kier molecular flexibility index (Phi) is 4.83. The van der Waals surface area contributed by atoms with Crippen LogP contribution in [0.4, 0.5) is 0 Å². The lowest BCUT2D eigenvalue weighted by molar-refractivity contribution is 0.0932. The lowest BCUT2D eigenvalue weighted by Gasteiger charge is -2.12. The maximum atomic E-state index is 12.4. The summed E-state index contributed by atoms with van der Waals surface area (Å²) in [6, 6.07) is 4.93. The molecule has 1 atom stereocenters. The first-order valence-electron chi connectivity index (χ1n) is 8.79. The van der Waals surface area contributed by atoms with Crippen molar-refractivity contribution in [3.05, 3.63) is 48.2 Å². The molecule has 1 unspecified atom stereocenters. The predicted octanol–water partition coefficient (Wildman–Crippen LogP) is 2.08. The lowest BCUT2D eigenvalue weighted by atomic mass is 10.3. The molecule has 0 saturated carbocycles. The third kappa shape index (κ3) is 3.61. The molecule has 0 saturated heterocycles. The lowest BCUT2D eigenvalue weighted by Crippen LogP contribution is -2.29. The molecule has 0 radical (unpaired) electrons. The minimum Gasteiger partial charge on any atom is -0.484 e. The molecule has 4 rings (SSSR count). The second-order valence-corrected chi connectivity index (χ2v) is 6.10. The van der Waals surface area contributed by atoms with Crippen molar-refractivity contribution in [2.45, 2.75) is 33.0 Å². The van der Waals surface area contributed by atoms with Gasteiger partial charge < -0.3 is 28.5 Å². The molecule has 1 aliphatic heterocycles. The highest BCUT2D eigenvalue weighted by Gasteiger charge is 2.19. The van der Waals surface area contributed by atoms with E-state index in [0.717, 1.165) is 0 Å². The van der Waals surface area contributed by atoms with Crippen molar-refractivity contribution < 1.29 is 23.4 Å². The minimum absolute atomic E-state index is 0.0760. The van der Waals surface area contributed by atoms with Gasteiger partial charge in [-0.05, 0) is 26.0 Å². The molecule has 0 aliphatic carbocycles. The number of oxazole rings is 1. The molecule has 0 bridgehead atoms.